The van der Waals surface area contributed by atoms with Crippen LogP contribution in [0.2, 0.25) is 0 Å². The Bertz CT molecular complexity index is 934. The van der Waals surface area contributed by atoms with E-state index in [0.29, 0.717) is 30.6 Å². The smallest absolute Gasteiger partial charge is 0.244 e. The summed E-state index contributed by atoms with van der Waals surface area (Å²) in [5, 5.41) is 8.31. The number of aryl methyl sites for hydroxylation is 1. The third-order valence-electron chi connectivity index (χ3n) is 4.70. The molecule has 27 heavy (non-hydrogen) atoms. The Morgan fingerprint density at radius 3 is 3.07 bits per heavy atom. The van der Waals surface area contributed by atoms with Crippen LogP contribution in [0.5, 0.6) is 0 Å². The van der Waals surface area contributed by atoms with Crippen molar-refractivity contribution in [3.8, 4) is 11.4 Å². The highest BCUT2D eigenvalue weighted by atomic mass is 16.5. The molecular weight excluding hydrogens is 346 g/mol. The van der Waals surface area contributed by atoms with Gasteiger partial charge in [0.05, 0.1) is 11.6 Å². The highest BCUT2D eigenvalue weighted by molar-refractivity contribution is 5.76. The minimum atomic E-state index is -0.0125. The maximum absolute atomic E-state index is 12.7. The molecule has 0 spiro atoms. The number of carbonyl (C=O) groups excluding carboxylic acids is 1. The molecule has 140 valence electrons. The van der Waals surface area contributed by atoms with Gasteiger partial charge in [0, 0.05) is 37.1 Å². The molecule has 1 aliphatic rings. The lowest BCUT2D eigenvalue weighted by Crippen LogP contribution is -2.41. The van der Waals surface area contributed by atoms with Crippen molar-refractivity contribution in [3.05, 3.63) is 42.2 Å². The molecule has 9 heteroatoms. The number of carbonyl (C=O) groups is 1. The van der Waals surface area contributed by atoms with Crippen LogP contribution in [0.25, 0.3) is 11.4 Å². The van der Waals surface area contributed by atoms with E-state index in [-0.39, 0.29) is 18.4 Å². The summed E-state index contributed by atoms with van der Waals surface area (Å²) in [6.07, 6.45) is 5.18. The zero-order chi connectivity index (χ0) is 18.8. The SMILES string of the molecule is Cc1cc(N)n(CC(=O)N2CCCC(c3nc(-c4cccnc4)no3)C2)n1. The van der Waals surface area contributed by atoms with E-state index < -0.39 is 0 Å². The normalized spacial score (nSPS) is 17.2. The van der Waals surface area contributed by atoms with Gasteiger partial charge in [-0.1, -0.05) is 5.16 Å². The van der Waals surface area contributed by atoms with Crippen LogP contribution in [0.15, 0.2) is 35.1 Å². The van der Waals surface area contributed by atoms with E-state index in [1.807, 2.05) is 24.0 Å². The van der Waals surface area contributed by atoms with Gasteiger partial charge in [-0.15, -0.1) is 0 Å². The highest BCUT2D eigenvalue weighted by Crippen LogP contribution is 2.27. The zero-order valence-corrected chi connectivity index (χ0v) is 15.1. The molecule has 1 aliphatic heterocycles. The number of rotatable bonds is 4. The van der Waals surface area contributed by atoms with E-state index in [0.717, 1.165) is 24.1 Å². The van der Waals surface area contributed by atoms with Gasteiger partial charge in [0.15, 0.2) is 0 Å². The number of likely N-dealkylation sites (tertiary alicyclic amines) is 1. The molecule has 3 aromatic heterocycles. The quantitative estimate of drug-likeness (QED) is 0.745. The van der Waals surface area contributed by atoms with Crippen molar-refractivity contribution >= 4 is 11.7 Å². The van der Waals surface area contributed by atoms with Crippen molar-refractivity contribution in [2.45, 2.75) is 32.2 Å². The predicted molar refractivity (Wildman–Crippen MR) is 97.5 cm³/mol. The fraction of sp³-hybridized carbons (Fsp3) is 0.389. The highest BCUT2D eigenvalue weighted by Gasteiger charge is 2.29. The number of pyridine rings is 1. The molecule has 1 atom stereocenters. The van der Waals surface area contributed by atoms with Gasteiger partial charge in [-0.25, -0.2) is 4.68 Å². The van der Waals surface area contributed by atoms with E-state index in [9.17, 15) is 4.79 Å². The first-order chi connectivity index (χ1) is 13.1. The molecule has 0 bridgehead atoms. The monoisotopic (exact) mass is 367 g/mol. The van der Waals surface area contributed by atoms with Crippen LogP contribution < -0.4 is 5.73 Å². The third-order valence-corrected chi connectivity index (χ3v) is 4.70. The van der Waals surface area contributed by atoms with Gasteiger partial charge in [0.1, 0.15) is 12.4 Å². The summed E-state index contributed by atoms with van der Waals surface area (Å²) in [5.74, 6) is 1.58. The summed E-state index contributed by atoms with van der Waals surface area (Å²) < 4.78 is 7.00. The lowest BCUT2D eigenvalue weighted by atomic mass is 9.98. The van der Waals surface area contributed by atoms with Crippen LogP contribution in [-0.4, -0.2) is 48.8 Å². The number of hydrogen-bond donors (Lipinski definition) is 1. The maximum atomic E-state index is 12.7. The molecule has 1 saturated heterocycles. The molecule has 4 heterocycles. The Morgan fingerprint density at radius 1 is 1.44 bits per heavy atom. The molecule has 3 aromatic rings. The van der Waals surface area contributed by atoms with Crippen LogP contribution in [0.1, 0.15) is 30.3 Å². The van der Waals surface area contributed by atoms with Crippen molar-refractivity contribution in [2.75, 3.05) is 18.8 Å². The predicted octanol–water partition coefficient (Wildman–Crippen LogP) is 1.62. The number of nitrogen functional groups attached to an aromatic ring is 1. The Kier molecular flexibility index (Phi) is 4.57. The van der Waals surface area contributed by atoms with Crippen LogP contribution in [0.4, 0.5) is 5.82 Å². The molecule has 0 radical (unpaired) electrons. The standard InChI is InChI=1S/C18H21N7O2/c1-12-8-15(19)25(22-12)11-16(26)24-7-3-5-14(10-24)18-21-17(23-27-18)13-4-2-6-20-9-13/h2,4,6,8-9,14H,3,5,7,10-11,19H2,1H3. The lowest BCUT2D eigenvalue weighted by molar-refractivity contribution is -0.133. The molecule has 0 aliphatic carbocycles. The Hall–Kier alpha value is -3.23. The molecule has 1 fully saturated rings. The molecule has 1 unspecified atom stereocenters. The van der Waals surface area contributed by atoms with Crippen molar-refractivity contribution < 1.29 is 9.32 Å². The summed E-state index contributed by atoms with van der Waals surface area (Å²) in [5.41, 5.74) is 7.49. The molecular formula is C18H21N7O2. The minimum absolute atomic E-state index is 0.0125. The molecule has 4 rings (SSSR count). The second-order valence-electron chi connectivity index (χ2n) is 6.75. The maximum Gasteiger partial charge on any atom is 0.244 e. The van der Waals surface area contributed by atoms with E-state index in [1.165, 1.54) is 4.68 Å². The molecule has 1 amide bonds. The van der Waals surface area contributed by atoms with Crippen molar-refractivity contribution in [3.63, 3.8) is 0 Å². The average molecular weight is 367 g/mol. The first kappa shape index (κ1) is 17.2. The fourth-order valence-corrected chi connectivity index (χ4v) is 3.34. The Balaban J connectivity index is 1.44. The van der Waals surface area contributed by atoms with Gasteiger partial charge < -0.3 is 15.2 Å². The largest absolute Gasteiger partial charge is 0.384 e. The number of aromatic nitrogens is 5. The summed E-state index contributed by atoms with van der Waals surface area (Å²) in [6, 6.07) is 5.47. The van der Waals surface area contributed by atoms with Gasteiger partial charge in [0.2, 0.25) is 17.6 Å². The van der Waals surface area contributed by atoms with Crippen LogP contribution in [0.3, 0.4) is 0 Å². The number of nitrogens with zero attached hydrogens (tertiary/aromatic N) is 6. The summed E-state index contributed by atoms with van der Waals surface area (Å²) in [7, 11) is 0. The first-order valence-electron chi connectivity index (χ1n) is 8.92. The number of nitrogens with two attached hydrogens (primary N) is 1. The van der Waals surface area contributed by atoms with Gasteiger partial charge in [0.25, 0.3) is 0 Å². The number of amides is 1. The lowest BCUT2D eigenvalue weighted by Gasteiger charge is -2.31. The van der Waals surface area contributed by atoms with Gasteiger partial charge in [-0.05, 0) is 31.9 Å². The molecule has 0 aromatic carbocycles. The minimum Gasteiger partial charge on any atom is -0.384 e. The van der Waals surface area contributed by atoms with Gasteiger partial charge in [-0.3, -0.25) is 9.78 Å². The van der Waals surface area contributed by atoms with E-state index >= 15 is 0 Å². The summed E-state index contributed by atoms with van der Waals surface area (Å²) in [4.78, 5) is 23.1. The van der Waals surface area contributed by atoms with Crippen molar-refractivity contribution in [2.24, 2.45) is 0 Å². The Morgan fingerprint density at radius 2 is 2.33 bits per heavy atom. The zero-order valence-electron chi connectivity index (χ0n) is 15.1. The summed E-state index contributed by atoms with van der Waals surface area (Å²) in [6.45, 7) is 3.24. The van der Waals surface area contributed by atoms with E-state index in [2.05, 4.69) is 20.2 Å². The molecule has 0 saturated carbocycles. The van der Waals surface area contributed by atoms with Gasteiger partial charge >= 0.3 is 0 Å². The van der Waals surface area contributed by atoms with E-state index in [4.69, 9.17) is 10.3 Å². The second-order valence-corrected chi connectivity index (χ2v) is 6.75. The second kappa shape index (κ2) is 7.18. The fourth-order valence-electron chi connectivity index (χ4n) is 3.34. The van der Waals surface area contributed by atoms with Crippen LogP contribution in [-0.2, 0) is 11.3 Å². The van der Waals surface area contributed by atoms with Crippen molar-refractivity contribution in [1.82, 2.24) is 29.8 Å². The number of hydrogen-bond acceptors (Lipinski definition) is 7. The third kappa shape index (κ3) is 3.67. The Labute approximate surface area is 156 Å². The van der Waals surface area contributed by atoms with Gasteiger partial charge in [-0.2, -0.15) is 10.1 Å². The summed E-state index contributed by atoms with van der Waals surface area (Å²) >= 11 is 0. The first-order valence-corrected chi connectivity index (χ1v) is 8.92. The van der Waals surface area contributed by atoms with Crippen molar-refractivity contribution in [1.29, 1.82) is 0 Å². The number of anilines is 1. The van der Waals surface area contributed by atoms with E-state index in [1.54, 1.807) is 18.5 Å². The molecule has 2 N–H and O–H groups in total. The number of piperidine rings is 1. The average Bonchev–Trinajstić information content (AvgIpc) is 3.29. The van der Waals surface area contributed by atoms with Crippen LogP contribution >= 0.6 is 0 Å². The van der Waals surface area contributed by atoms with Crippen LogP contribution in [0, 0.1) is 6.92 Å². The topological polar surface area (TPSA) is 116 Å². The molecule has 9 nitrogen and oxygen atoms in total.